The van der Waals surface area contributed by atoms with E-state index in [-0.39, 0.29) is 17.9 Å². The quantitative estimate of drug-likeness (QED) is 0.307. The van der Waals surface area contributed by atoms with Crippen LogP contribution in [-0.2, 0) is 16.0 Å². The number of carbonyl (C=O) groups is 1. The summed E-state index contributed by atoms with van der Waals surface area (Å²) in [5, 5.41) is 0. The first-order chi connectivity index (χ1) is 17.8. The molecule has 4 N–H and O–H groups in total. The van der Waals surface area contributed by atoms with Gasteiger partial charge in [0.15, 0.2) is 0 Å². The molecule has 0 aliphatic heterocycles. The average molecular weight is 501 g/mol. The standard InChI is InChI=1S/C29H29FN4O3/c1-3-36-28(35)25(31)15-19-7-9-22(10-8-19)26-17-27(34-29(32)33-26)37-18(2)20-11-13-21(14-12-20)23-5-4-6-24(30)16-23/h4-14,16-18,25H,3,15,31H2,1-2H3,(H2,32,33,34)/t18?,25-/m0/s1. The van der Waals surface area contributed by atoms with E-state index in [2.05, 4.69) is 9.97 Å². The lowest BCUT2D eigenvalue weighted by molar-refractivity contribution is -0.144. The summed E-state index contributed by atoms with van der Waals surface area (Å²) in [5.41, 5.74) is 16.9. The second-order valence-corrected chi connectivity index (χ2v) is 8.60. The third-order valence-corrected chi connectivity index (χ3v) is 5.85. The van der Waals surface area contributed by atoms with Gasteiger partial charge >= 0.3 is 5.97 Å². The summed E-state index contributed by atoms with van der Waals surface area (Å²) in [4.78, 5) is 20.4. The van der Waals surface area contributed by atoms with Gasteiger partial charge in [-0.1, -0.05) is 60.7 Å². The maximum atomic E-state index is 13.6. The molecule has 0 saturated carbocycles. The number of carbonyl (C=O) groups excluding carboxylic acids is 1. The Morgan fingerprint density at radius 1 is 0.946 bits per heavy atom. The van der Waals surface area contributed by atoms with Crippen molar-refractivity contribution in [2.45, 2.75) is 32.4 Å². The number of esters is 1. The van der Waals surface area contributed by atoms with E-state index < -0.39 is 12.0 Å². The molecule has 0 radical (unpaired) electrons. The van der Waals surface area contributed by atoms with Crippen LogP contribution in [-0.4, -0.2) is 28.6 Å². The van der Waals surface area contributed by atoms with Crippen LogP contribution >= 0.6 is 0 Å². The van der Waals surface area contributed by atoms with E-state index in [0.717, 1.165) is 27.8 Å². The van der Waals surface area contributed by atoms with Crippen molar-refractivity contribution >= 4 is 11.9 Å². The highest BCUT2D eigenvalue weighted by molar-refractivity contribution is 5.76. The molecule has 190 valence electrons. The van der Waals surface area contributed by atoms with E-state index in [1.54, 1.807) is 19.1 Å². The van der Waals surface area contributed by atoms with E-state index in [1.807, 2.05) is 61.5 Å². The molecular formula is C29H29FN4O3. The van der Waals surface area contributed by atoms with Crippen molar-refractivity contribution in [2.24, 2.45) is 5.73 Å². The van der Waals surface area contributed by atoms with Crippen molar-refractivity contribution in [3.8, 4) is 28.3 Å². The molecule has 7 nitrogen and oxygen atoms in total. The van der Waals surface area contributed by atoms with Gasteiger partial charge in [-0.2, -0.15) is 4.98 Å². The van der Waals surface area contributed by atoms with E-state index in [9.17, 15) is 9.18 Å². The third kappa shape index (κ3) is 6.68. The Hall–Kier alpha value is -4.30. The maximum absolute atomic E-state index is 13.6. The minimum absolute atomic E-state index is 0.0922. The van der Waals surface area contributed by atoms with Gasteiger partial charge in [-0.15, -0.1) is 0 Å². The Bertz CT molecular complexity index is 1360. The smallest absolute Gasteiger partial charge is 0.323 e. The summed E-state index contributed by atoms with van der Waals surface area (Å²) < 4.78 is 24.6. The molecule has 2 atom stereocenters. The topological polar surface area (TPSA) is 113 Å². The Balaban J connectivity index is 1.45. The summed E-state index contributed by atoms with van der Waals surface area (Å²) in [6, 6.07) is 22.8. The van der Waals surface area contributed by atoms with Gasteiger partial charge in [-0.25, -0.2) is 9.37 Å². The number of nitrogens with zero attached hydrogens (tertiary/aromatic N) is 2. The van der Waals surface area contributed by atoms with Gasteiger partial charge in [-0.05, 0) is 54.7 Å². The number of halogens is 1. The van der Waals surface area contributed by atoms with Crippen LogP contribution in [0.5, 0.6) is 5.88 Å². The van der Waals surface area contributed by atoms with Gasteiger partial charge in [0.1, 0.15) is 18.0 Å². The minimum Gasteiger partial charge on any atom is -0.470 e. The van der Waals surface area contributed by atoms with Crippen molar-refractivity contribution in [3.63, 3.8) is 0 Å². The van der Waals surface area contributed by atoms with Crippen LogP contribution in [0.15, 0.2) is 78.9 Å². The molecule has 0 aliphatic carbocycles. The number of nitrogen functional groups attached to an aromatic ring is 1. The van der Waals surface area contributed by atoms with Crippen molar-refractivity contribution in [3.05, 3.63) is 95.8 Å². The summed E-state index contributed by atoms with van der Waals surface area (Å²) in [6.45, 7) is 3.96. The van der Waals surface area contributed by atoms with Gasteiger partial charge in [0, 0.05) is 11.6 Å². The first-order valence-electron chi connectivity index (χ1n) is 12.0. The number of hydrogen-bond acceptors (Lipinski definition) is 7. The van der Waals surface area contributed by atoms with Crippen LogP contribution in [0, 0.1) is 5.82 Å². The number of rotatable bonds is 9. The van der Waals surface area contributed by atoms with E-state index in [0.29, 0.717) is 24.6 Å². The summed E-state index contributed by atoms with van der Waals surface area (Å²) in [5.74, 6) is -0.257. The van der Waals surface area contributed by atoms with Gasteiger partial charge in [0.2, 0.25) is 11.8 Å². The highest BCUT2D eigenvalue weighted by Crippen LogP contribution is 2.28. The third-order valence-electron chi connectivity index (χ3n) is 5.85. The number of anilines is 1. The van der Waals surface area contributed by atoms with Crippen LogP contribution < -0.4 is 16.2 Å². The fourth-order valence-electron chi connectivity index (χ4n) is 3.91. The number of nitrogens with two attached hydrogens (primary N) is 2. The first-order valence-corrected chi connectivity index (χ1v) is 12.0. The summed E-state index contributed by atoms with van der Waals surface area (Å²) >= 11 is 0. The predicted octanol–water partition coefficient (Wildman–Crippen LogP) is 5.10. The molecule has 0 aliphatic rings. The molecule has 1 heterocycles. The van der Waals surface area contributed by atoms with Crippen molar-refractivity contribution < 1.29 is 18.7 Å². The largest absolute Gasteiger partial charge is 0.470 e. The van der Waals surface area contributed by atoms with Crippen LogP contribution in [0.1, 0.15) is 31.1 Å². The number of benzene rings is 3. The van der Waals surface area contributed by atoms with Gasteiger partial charge in [0.05, 0.1) is 12.3 Å². The van der Waals surface area contributed by atoms with Crippen LogP contribution in [0.2, 0.25) is 0 Å². The monoisotopic (exact) mass is 500 g/mol. The van der Waals surface area contributed by atoms with E-state index >= 15 is 0 Å². The molecule has 4 rings (SSSR count). The zero-order chi connectivity index (χ0) is 26.4. The average Bonchev–Trinajstić information content (AvgIpc) is 2.89. The van der Waals surface area contributed by atoms with Crippen molar-refractivity contribution in [2.75, 3.05) is 12.3 Å². The molecule has 8 heteroatoms. The summed E-state index contributed by atoms with van der Waals surface area (Å²) in [6.07, 6.45) is 0.0602. The van der Waals surface area contributed by atoms with Crippen LogP contribution in [0.4, 0.5) is 10.3 Å². The molecule has 4 aromatic rings. The van der Waals surface area contributed by atoms with E-state index in [1.165, 1.54) is 12.1 Å². The van der Waals surface area contributed by atoms with Crippen molar-refractivity contribution in [1.29, 1.82) is 0 Å². The molecule has 0 fully saturated rings. The molecule has 0 bridgehead atoms. The van der Waals surface area contributed by atoms with Gasteiger partial charge < -0.3 is 20.9 Å². The van der Waals surface area contributed by atoms with Gasteiger partial charge in [-0.3, -0.25) is 4.79 Å². The Kier molecular flexibility index (Phi) is 8.10. The van der Waals surface area contributed by atoms with E-state index in [4.69, 9.17) is 20.9 Å². The van der Waals surface area contributed by atoms with Crippen molar-refractivity contribution in [1.82, 2.24) is 9.97 Å². The molecule has 0 amide bonds. The molecule has 0 spiro atoms. The lowest BCUT2D eigenvalue weighted by atomic mass is 10.0. The Labute approximate surface area is 215 Å². The number of ether oxygens (including phenoxy) is 2. The predicted molar refractivity (Wildman–Crippen MR) is 141 cm³/mol. The van der Waals surface area contributed by atoms with Crippen LogP contribution in [0.25, 0.3) is 22.4 Å². The minimum atomic E-state index is -0.718. The first kappa shape index (κ1) is 25.8. The molecular weight excluding hydrogens is 471 g/mol. The number of hydrogen-bond donors (Lipinski definition) is 2. The van der Waals surface area contributed by atoms with Gasteiger partial charge in [0.25, 0.3) is 0 Å². The molecule has 37 heavy (non-hydrogen) atoms. The second kappa shape index (κ2) is 11.6. The highest BCUT2D eigenvalue weighted by atomic mass is 19.1. The fraction of sp³-hybridized carbons (Fsp3) is 0.207. The Morgan fingerprint density at radius 3 is 2.32 bits per heavy atom. The SMILES string of the molecule is CCOC(=O)[C@@H](N)Cc1ccc(-c2cc(OC(C)c3ccc(-c4cccc(F)c4)cc3)nc(N)n2)cc1. The molecule has 0 saturated heterocycles. The summed E-state index contributed by atoms with van der Waals surface area (Å²) in [7, 11) is 0. The maximum Gasteiger partial charge on any atom is 0.323 e. The zero-order valence-electron chi connectivity index (χ0n) is 20.7. The molecule has 1 aromatic heterocycles. The lowest BCUT2D eigenvalue weighted by Gasteiger charge is -2.16. The highest BCUT2D eigenvalue weighted by Gasteiger charge is 2.16. The lowest BCUT2D eigenvalue weighted by Crippen LogP contribution is -2.34. The fourth-order valence-corrected chi connectivity index (χ4v) is 3.91. The number of aromatic nitrogens is 2. The van der Waals surface area contributed by atoms with Crippen LogP contribution in [0.3, 0.4) is 0 Å². The Morgan fingerprint density at radius 2 is 1.65 bits per heavy atom. The second-order valence-electron chi connectivity index (χ2n) is 8.60. The molecule has 3 aromatic carbocycles. The normalized spacial score (nSPS) is 12.5. The molecule has 1 unspecified atom stereocenters. The zero-order valence-corrected chi connectivity index (χ0v) is 20.7.